The zero-order valence-electron chi connectivity index (χ0n) is 13.8. The smallest absolute Gasteiger partial charge is 0.265 e. The van der Waals surface area contributed by atoms with E-state index in [9.17, 15) is 9.18 Å². The maximum absolute atomic E-state index is 13.1. The predicted molar refractivity (Wildman–Crippen MR) is 94.4 cm³/mol. The molecule has 0 saturated carbocycles. The number of rotatable bonds is 3. The topological polar surface area (TPSA) is 80.9 Å². The molecule has 2 heterocycles. The van der Waals surface area contributed by atoms with Gasteiger partial charge in [0.25, 0.3) is 5.56 Å². The Kier molecular flexibility index (Phi) is 4.41. The maximum atomic E-state index is 13.1. The highest BCUT2D eigenvalue weighted by Crippen LogP contribution is 2.16. The van der Waals surface area contributed by atoms with Crippen LogP contribution in [0.2, 0.25) is 0 Å². The third kappa shape index (κ3) is 3.18. The van der Waals surface area contributed by atoms with Gasteiger partial charge < -0.3 is 0 Å². The molecule has 0 aliphatic rings. The Balaban J connectivity index is 2.05. The molecule has 0 radical (unpaired) electrons. The Bertz CT molecular complexity index is 1080. The number of hydrogen-bond acceptors (Lipinski definition) is 5. The Labute approximate surface area is 147 Å². The molecule has 25 heavy (non-hydrogen) atoms. The van der Waals surface area contributed by atoms with Crippen LogP contribution in [0.25, 0.3) is 5.69 Å². The summed E-state index contributed by atoms with van der Waals surface area (Å²) < 4.78 is 16.0. The number of aryl methyl sites for hydroxylation is 2. The van der Waals surface area contributed by atoms with Crippen LogP contribution >= 0.6 is 12.2 Å². The van der Waals surface area contributed by atoms with Crippen molar-refractivity contribution in [1.82, 2.24) is 24.7 Å². The summed E-state index contributed by atoms with van der Waals surface area (Å²) in [7, 11) is 0. The number of aromatic nitrogens is 5. The summed E-state index contributed by atoms with van der Waals surface area (Å²) in [5, 5.41) is 15.0. The van der Waals surface area contributed by atoms with Crippen molar-refractivity contribution in [3.05, 3.63) is 67.9 Å². The molecular weight excluding hydrogens is 343 g/mol. The fourth-order valence-corrected chi connectivity index (χ4v) is 2.54. The van der Waals surface area contributed by atoms with E-state index in [1.165, 1.54) is 18.3 Å². The van der Waals surface area contributed by atoms with E-state index in [0.29, 0.717) is 0 Å². The van der Waals surface area contributed by atoms with Crippen LogP contribution in [0.1, 0.15) is 22.6 Å². The summed E-state index contributed by atoms with van der Waals surface area (Å²) in [5.41, 5.74) is 2.89. The first kappa shape index (κ1) is 16.9. The van der Waals surface area contributed by atoms with Crippen molar-refractivity contribution in [1.29, 1.82) is 0 Å². The zero-order chi connectivity index (χ0) is 18.1. The number of hydrogen-bond donors (Lipinski definition) is 1. The van der Waals surface area contributed by atoms with Gasteiger partial charge in [-0.2, -0.15) is 20.0 Å². The molecule has 0 fully saturated rings. The van der Waals surface area contributed by atoms with Crippen molar-refractivity contribution >= 4 is 18.4 Å². The number of nitrogens with zero attached hydrogens (tertiary/aromatic N) is 5. The van der Waals surface area contributed by atoms with Crippen LogP contribution in [0.5, 0.6) is 0 Å². The Hall–Kier alpha value is -2.94. The van der Waals surface area contributed by atoms with Gasteiger partial charge in [0.05, 0.1) is 23.3 Å². The van der Waals surface area contributed by atoms with Gasteiger partial charge in [0.1, 0.15) is 11.5 Å². The van der Waals surface area contributed by atoms with Gasteiger partial charge in [0.15, 0.2) is 0 Å². The maximum Gasteiger partial charge on any atom is 0.296 e. The zero-order valence-corrected chi connectivity index (χ0v) is 14.6. The summed E-state index contributed by atoms with van der Waals surface area (Å²) in [4.78, 5) is 12.1. The largest absolute Gasteiger partial charge is 0.296 e. The molecule has 0 atom stereocenters. The second-order valence-electron chi connectivity index (χ2n) is 5.45. The number of halogens is 1. The molecule has 0 aliphatic carbocycles. The van der Waals surface area contributed by atoms with Crippen LogP contribution in [-0.2, 0) is 0 Å². The number of H-pyrrole nitrogens is 1. The van der Waals surface area contributed by atoms with Crippen LogP contribution in [0.15, 0.2) is 34.2 Å². The number of aromatic amines is 1. The van der Waals surface area contributed by atoms with Crippen LogP contribution in [-0.4, -0.2) is 30.9 Å². The minimum atomic E-state index is -0.388. The molecule has 7 nitrogen and oxygen atoms in total. The molecule has 1 aromatic carbocycles. The first-order valence-electron chi connectivity index (χ1n) is 7.43. The first-order chi connectivity index (χ1) is 11.9. The lowest BCUT2D eigenvalue weighted by atomic mass is 10.2. The van der Waals surface area contributed by atoms with Gasteiger partial charge in [0.2, 0.25) is 4.77 Å². The standard InChI is InChI=1S/C16H15FN6OS/c1-9-14(8-18-23-15(24)10(2)19-20-16(23)25)11(3)22(21-9)13-6-4-12(17)5-7-13/h4-8H,1-3H3,(H,20,25). The molecule has 0 aliphatic heterocycles. The van der Waals surface area contributed by atoms with Crippen LogP contribution in [0.4, 0.5) is 4.39 Å². The monoisotopic (exact) mass is 358 g/mol. The molecule has 0 bridgehead atoms. The van der Waals surface area contributed by atoms with Crippen molar-refractivity contribution in [3.63, 3.8) is 0 Å². The van der Waals surface area contributed by atoms with E-state index in [0.717, 1.165) is 27.3 Å². The predicted octanol–water partition coefficient (Wildman–Crippen LogP) is 2.43. The van der Waals surface area contributed by atoms with Crippen molar-refractivity contribution in [3.8, 4) is 5.69 Å². The van der Waals surface area contributed by atoms with Crippen molar-refractivity contribution < 1.29 is 4.39 Å². The molecule has 1 N–H and O–H groups in total. The molecule has 128 valence electrons. The average Bonchev–Trinajstić information content (AvgIpc) is 2.87. The van der Waals surface area contributed by atoms with E-state index in [2.05, 4.69) is 20.4 Å². The Morgan fingerprint density at radius 2 is 1.88 bits per heavy atom. The van der Waals surface area contributed by atoms with E-state index >= 15 is 0 Å². The molecule has 3 rings (SSSR count). The fraction of sp³-hybridized carbons (Fsp3) is 0.188. The fourth-order valence-electron chi connectivity index (χ4n) is 2.37. The second-order valence-corrected chi connectivity index (χ2v) is 5.84. The van der Waals surface area contributed by atoms with Gasteiger partial charge in [-0.1, -0.05) is 0 Å². The average molecular weight is 358 g/mol. The minimum Gasteiger partial charge on any atom is -0.265 e. The highest BCUT2D eigenvalue weighted by molar-refractivity contribution is 7.71. The van der Waals surface area contributed by atoms with Crippen LogP contribution in [0.3, 0.4) is 0 Å². The number of benzene rings is 1. The molecule has 0 spiro atoms. The van der Waals surface area contributed by atoms with Gasteiger partial charge in [-0.25, -0.2) is 9.07 Å². The molecule has 3 aromatic rings. The summed E-state index contributed by atoms with van der Waals surface area (Å²) in [6.07, 6.45) is 1.53. The summed E-state index contributed by atoms with van der Waals surface area (Å²) in [6.45, 7) is 5.27. The first-order valence-corrected chi connectivity index (χ1v) is 7.84. The molecule has 0 amide bonds. The Morgan fingerprint density at radius 3 is 2.56 bits per heavy atom. The van der Waals surface area contributed by atoms with Crippen molar-refractivity contribution in [2.45, 2.75) is 20.8 Å². The number of nitrogens with one attached hydrogen (secondary N) is 1. The minimum absolute atomic E-state index is 0.105. The third-order valence-electron chi connectivity index (χ3n) is 3.73. The van der Waals surface area contributed by atoms with E-state index in [1.807, 2.05) is 13.8 Å². The van der Waals surface area contributed by atoms with Crippen molar-refractivity contribution in [2.24, 2.45) is 5.10 Å². The van der Waals surface area contributed by atoms with E-state index < -0.39 is 0 Å². The normalized spacial score (nSPS) is 11.4. The van der Waals surface area contributed by atoms with Gasteiger partial charge in [-0.05, 0) is 57.3 Å². The van der Waals surface area contributed by atoms with Gasteiger partial charge >= 0.3 is 0 Å². The van der Waals surface area contributed by atoms with Crippen molar-refractivity contribution in [2.75, 3.05) is 0 Å². The molecule has 0 saturated heterocycles. The molecule has 2 aromatic heterocycles. The highest BCUT2D eigenvalue weighted by Gasteiger charge is 2.12. The quantitative estimate of drug-likeness (QED) is 0.576. The highest BCUT2D eigenvalue weighted by atomic mass is 32.1. The summed E-state index contributed by atoms with van der Waals surface area (Å²) >= 11 is 5.05. The van der Waals surface area contributed by atoms with E-state index in [-0.39, 0.29) is 21.8 Å². The molecule has 9 heteroatoms. The lowest BCUT2D eigenvalue weighted by Crippen LogP contribution is -2.22. The van der Waals surface area contributed by atoms with E-state index in [4.69, 9.17) is 12.2 Å². The van der Waals surface area contributed by atoms with E-state index in [1.54, 1.807) is 23.7 Å². The van der Waals surface area contributed by atoms with Crippen LogP contribution in [0, 0.1) is 31.4 Å². The second kappa shape index (κ2) is 6.52. The third-order valence-corrected chi connectivity index (χ3v) is 4.00. The van der Waals surface area contributed by atoms with Gasteiger partial charge in [-0.15, -0.1) is 0 Å². The SMILES string of the molecule is Cc1nn(-c2ccc(F)cc2)c(C)c1C=Nn1c(=S)[nH]nc(C)c1=O. The molecule has 0 unspecified atom stereocenters. The van der Waals surface area contributed by atoms with Gasteiger partial charge in [0, 0.05) is 5.56 Å². The molecular formula is C16H15FN6OS. The summed E-state index contributed by atoms with van der Waals surface area (Å²) in [6, 6.07) is 6.03. The van der Waals surface area contributed by atoms with Gasteiger partial charge in [-0.3, -0.25) is 9.89 Å². The summed E-state index contributed by atoms with van der Waals surface area (Å²) in [5.74, 6) is -0.311. The lowest BCUT2D eigenvalue weighted by Gasteiger charge is -2.04. The lowest BCUT2D eigenvalue weighted by molar-refractivity contribution is 0.627. The Morgan fingerprint density at radius 1 is 1.20 bits per heavy atom. The van der Waals surface area contributed by atoms with Crippen LogP contribution < -0.4 is 5.56 Å².